The fraction of sp³-hybridized carbons (Fsp3) is 0.500. The fourth-order valence-electron chi connectivity index (χ4n) is 3.71. The number of carbonyl (C=O) groups is 1. The summed E-state index contributed by atoms with van der Waals surface area (Å²) in [6.45, 7) is 7.17. The molecule has 2 aliphatic rings. The highest BCUT2D eigenvalue weighted by Gasteiger charge is 2.43. The summed E-state index contributed by atoms with van der Waals surface area (Å²) in [4.78, 5) is 22.0. The molecule has 26 heavy (non-hydrogen) atoms. The van der Waals surface area contributed by atoms with E-state index >= 15 is 0 Å². The number of fused-ring (bicyclic) bond motifs is 1. The Balaban J connectivity index is 1.66. The van der Waals surface area contributed by atoms with Gasteiger partial charge in [-0.05, 0) is 24.2 Å². The van der Waals surface area contributed by atoms with E-state index in [-0.39, 0.29) is 17.2 Å². The number of thioether (sulfide) groups is 1. The minimum absolute atomic E-state index is 0.00763. The summed E-state index contributed by atoms with van der Waals surface area (Å²) in [5.41, 5.74) is 1.10. The van der Waals surface area contributed by atoms with Gasteiger partial charge in [-0.2, -0.15) is 9.78 Å². The highest BCUT2D eigenvalue weighted by molar-refractivity contribution is 8.00. The van der Waals surface area contributed by atoms with Crippen molar-refractivity contribution in [3.8, 4) is 5.75 Å². The van der Waals surface area contributed by atoms with Crippen LogP contribution in [-0.4, -0.2) is 75.6 Å². The predicted octanol–water partition coefficient (Wildman–Crippen LogP) is 1.78. The number of methoxy groups -OCH3 is 1. The summed E-state index contributed by atoms with van der Waals surface area (Å²) in [6, 6.07) is 8.03. The summed E-state index contributed by atoms with van der Waals surface area (Å²) in [6.07, 6.45) is 1.44. The molecule has 0 N–H and O–H groups in total. The van der Waals surface area contributed by atoms with Crippen LogP contribution in [0.5, 0.6) is 5.75 Å². The van der Waals surface area contributed by atoms with Crippen molar-refractivity contribution in [2.24, 2.45) is 0 Å². The van der Waals surface area contributed by atoms with E-state index < -0.39 is 0 Å². The molecule has 0 spiro atoms. The maximum atomic E-state index is 13.0. The molecular formula is C18H23N5O2S. The Kier molecular flexibility index (Phi) is 4.97. The number of hydrogen-bond acceptors (Lipinski definition) is 7. The highest BCUT2D eigenvalue weighted by Crippen LogP contribution is 2.41. The smallest absolute Gasteiger partial charge is 0.264 e. The van der Waals surface area contributed by atoms with Crippen molar-refractivity contribution < 1.29 is 9.53 Å². The number of benzene rings is 1. The molecule has 2 aliphatic heterocycles. The van der Waals surface area contributed by atoms with E-state index in [1.165, 1.54) is 22.8 Å². The molecule has 2 aromatic rings. The molecule has 3 heterocycles. The Hall–Kier alpha value is -1.90. The van der Waals surface area contributed by atoms with Gasteiger partial charge in [-0.15, -0.1) is 0 Å². The van der Waals surface area contributed by atoms with Crippen molar-refractivity contribution >= 4 is 17.7 Å². The van der Waals surface area contributed by atoms with Crippen LogP contribution in [-0.2, 0) is 0 Å². The zero-order valence-electron chi connectivity index (χ0n) is 15.0. The number of likely N-dealkylation sites (N-methyl/N-ethyl adjacent to an activating group) is 1. The van der Waals surface area contributed by atoms with E-state index in [1.807, 2.05) is 18.2 Å². The zero-order valence-corrected chi connectivity index (χ0v) is 15.9. The van der Waals surface area contributed by atoms with Gasteiger partial charge in [0.1, 0.15) is 17.3 Å². The zero-order chi connectivity index (χ0) is 18.1. The summed E-state index contributed by atoms with van der Waals surface area (Å²) in [7, 11) is 1.67. The first-order valence-corrected chi connectivity index (χ1v) is 9.80. The van der Waals surface area contributed by atoms with E-state index in [0.717, 1.165) is 44.0 Å². The second-order valence-electron chi connectivity index (χ2n) is 6.52. The normalized spacial score (nSPS) is 22.4. The fourth-order valence-corrected chi connectivity index (χ4v) is 4.94. The molecule has 0 saturated carbocycles. The topological polar surface area (TPSA) is 63.5 Å². The summed E-state index contributed by atoms with van der Waals surface area (Å²) < 4.78 is 6.85. The molecule has 8 heteroatoms. The molecule has 2 unspecified atom stereocenters. The molecule has 7 nitrogen and oxygen atoms in total. The molecule has 1 saturated heterocycles. The van der Waals surface area contributed by atoms with Crippen LogP contribution in [0.4, 0.5) is 0 Å². The van der Waals surface area contributed by atoms with Crippen LogP contribution in [0.3, 0.4) is 0 Å². The maximum Gasteiger partial charge on any atom is 0.264 e. The van der Waals surface area contributed by atoms with Gasteiger partial charge < -0.3 is 9.64 Å². The first kappa shape index (κ1) is 17.5. The Morgan fingerprint density at radius 1 is 1.31 bits per heavy atom. The van der Waals surface area contributed by atoms with Gasteiger partial charge in [0.2, 0.25) is 0 Å². The lowest BCUT2D eigenvalue weighted by atomic mass is 9.99. The van der Waals surface area contributed by atoms with Gasteiger partial charge in [0.25, 0.3) is 5.91 Å². The standard InChI is InChI=1S/C18H23N5O2S/c1-3-21-7-9-22(10-8-21)15(13-5-4-6-14(11-13)25-2)16-17(24)23-18(26-16)19-12-20-23/h4-6,11-12,15-16H,3,7-10H2,1-2H3. The van der Waals surface area contributed by atoms with Crippen molar-refractivity contribution in [2.45, 2.75) is 23.4 Å². The Morgan fingerprint density at radius 3 is 2.81 bits per heavy atom. The molecule has 138 valence electrons. The Bertz CT molecular complexity index is 787. The molecular weight excluding hydrogens is 350 g/mol. The second kappa shape index (κ2) is 7.38. The second-order valence-corrected chi connectivity index (χ2v) is 7.63. The molecule has 1 fully saturated rings. The summed E-state index contributed by atoms with van der Waals surface area (Å²) in [5.74, 6) is 0.819. The predicted molar refractivity (Wildman–Crippen MR) is 99.7 cm³/mol. The quantitative estimate of drug-likeness (QED) is 0.792. The lowest BCUT2D eigenvalue weighted by Gasteiger charge is -2.40. The number of rotatable bonds is 5. The van der Waals surface area contributed by atoms with Gasteiger partial charge in [-0.25, -0.2) is 4.98 Å². The van der Waals surface area contributed by atoms with E-state index in [9.17, 15) is 4.79 Å². The number of ether oxygens (including phenoxy) is 1. The van der Waals surface area contributed by atoms with Crippen LogP contribution >= 0.6 is 11.8 Å². The van der Waals surface area contributed by atoms with E-state index in [4.69, 9.17) is 4.74 Å². The minimum atomic E-state index is -0.244. The number of hydrogen-bond donors (Lipinski definition) is 0. The summed E-state index contributed by atoms with van der Waals surface area (Å²) in [5, 5.41) is 4.53. The van der Waals surface area contributed by atoms with Crippen molar-refractivity contribution in [1.29, 1.82) is 0 Å². The first-order chi connectivity index (χ1) is 12.7. The number of carbonyl (C=O) groups excluding carboxylic acids is 1. The van der Waals surface area contributed by atoms with Crippen molar-refractivity contribution in [3.05, 3.63) is 36.2 Å². The van der Waals surface area contributed by atoms with Crippen molar-refractivity contribution in [2.75, 3.05) is 39.8 Å². The van der Waals surface area contributed by atoms with E-state index in [0.29, 0.717) is 5.16 Å². The number of piperazine rings is 1. The monoisotopic (exact) mass is 373 g/mol. The molecule has 0 radical (unpaired) electrons. The Morgan fingerprint density at radius 2 is 2.12 bits per heavy atom. The first-order valence-electron chi connectivity index (χ1n) is 8.92. The van der Waals surface area contributed by atoms with Gasteiger partial charge >= 0.3 is 0 Å². The SMILES string of the molecule is CCN1CCN(C(c2cccc(OC)c2)C2Sc3ncnn3C2=O)CC1. The van der Waals surface area contributed by atoms with Crippen molar-refractivity contribution in [3.63, 3.8) is 0 Å². The average Bonchev–Trinajstić information content (AvgIpc) is 3.26. The summed E-state index contributed by atoms with van der Waals surface area (Å²) >= 11 is 1.51. The third kappa shape index (κ3) is 3.13. The Labute approximate surface area is 157 Å². The van der Waals surface area contributed by atoms with Crippen LogP contribution in [0, 0.1) is 0 Å². The molecule has 0 bridgehead atoms. The van der Waals surface area contributed by atoms with Crippen LogP contribution in [0.15, 0.2) is 35.7 Å². The number of aromatic nitrogens is 3. The van der Waals surface area contributed by atoms with Crippen LogP contribution in [0.1, 0.15) is 23.3 Å². The highest BCUT2D eigenvalue weighted by atomic mass is 32.2. The average molecular weight is 373 g/mol. The van der Waals surface area contributed by atoms with Gasteiger partial charge in [-0.1, -0.05) is 30.8 Å². The lowest BCUT2D eigenvalue weighted by Crippen LogP contribution is -2.50. The maximum absolute atomic E-state index is 13.0. The van der Waals surface area contributed by atoms with E-state index in [1.54, 1.807) is 7.11 Å². The third-order valence-electron chi connectivity index (χ3n) is 5.17. The molecule has 1 aromatic carbocycles. The van der Waals surface area contributed by atoms with Crippen LogP contribution in [0.25, 0.3) is 0 Å². The van der Waals surface area contributed by atoms with Gasteiger partial charge in [0, 0.05) is 26.2 Å². The van der Waals surface area contributed by atoms with Crippen molar-refractivity contribution in [1.82, 2.24) is 24.6 Å². The third-order valence-corrected chi connectivity index (χ3v) is 6.37. The molecule has 1 aromatic heterocycles. The van der Waals surface area contributed by atoms with Crippen LogP contribution < -0.4 is 4.74 Å². The molecule has 0 aliphatic carbocycles. The van der Waals surface area contributed by atoms with E-state index in [2.05, 4.69) is 32.9 Å². The van der Waals surface area contributed by atoms with Gasteiger partial charge in [-0.3, -0.25) is 9.69 Å². The molecule has 4 rings (SSSR count). The molecule has 2 atom stereocenters. The largest absolute Gasteiger partial charge is 0.497 e. The molecule has 0 amide bonds. The van der Waals surface area contributed by atoms with Gasteiger partial charge in [0.05, 0.1) is 13.2 Å². The number of nitrogens with zero attached hydrogens (tertiary/aromatic N) is 5. The van der Waals surface area contributed by atoms with Crippen LogP contribution in [0.2, 0.25) is 0 Å². The van der Waals surface area contributed by atoms with Gasteiger partial charge in [0.15, 0.2) is 5.16 Å². The lowest BCUT2D eigenvalue weighted by molar-refractivity contribution is 0.0738. The minimum Gasteiger partial charge on any atom is -0.497 e.